The van der Waals surface area contributed by atoms with Crippen molar-refractivity contribution in [3.8, 4) is 0 Å². The standard InChI is InChI=1S/C13H17NO/c1-2-10-3-5-11(6-4-10)13(15)9-14-12-7-8-12/h3-6,12,14H,2,7-9H2,1H3. The van der Waals surface area contributed by atoms with Gasteiger partial charge >= 0.3 is 0 Å². The summed E-state index contributed by atoms with van der Waals surface area (Å²) in [5, 5.41) is 3.23. The van der Waals surface area contributed by atoms with E-state index in [1.165, 1.54) is 18.4 Å². The Morgan fingerprint density at radius 2 is 2.00 bits per heavy atom. The highest BCUT2D eigenvalue weighted by atomic mass is 16.1. The van der Waals surface area contributed by atoms with E-state index in [4.69, 9.17) is 0 Å². The minimum absolute atomic E-state index is 0.199. The van der Waals surface area contributed by atoms with Crippen LogP contribution >= 0.6 is 0 Å². The smallest absolute Gasteiger partial charge is 0.176 e. The number of rotatable bonds is 5. The Kier molecular flexibility index (Phi) is 3.17. The van der Waals surface area contributed by atoms with Crippen LogP contribution in [0.4, 0.5) is 0 Å². The van der Waals surface area contributed by atoms with Crippen LogP contribution in [0.5, 0.6) is 0 Å². The van der Waals surface area contributed by atoms with E-state index in [1.54, 1.807) is 0 Å². The van der Waals surface area contributed by atoms with Crippen LogP contribution in [0, 0.1) is 0 Å². The minimum atomic E-state index is 0.199. The van der Waals surface area contributed by atoms with Gasteiger partial charge in [0.15, 0.2) is 5.78 Å². The number of carbonyl (C=O) groups excluding carboxylic acids is 1. The molecule has 15 heavy (non-hydrogen) atoms. The Balaban J connectivity index is 1.91. The lowest BCUT2D eigenvalue weighted by molar-refractivity contribution is 0.0990. The topological polar surface area (TPSA) is 29.1 Å². The Bertz CT molecular complexity index is 338. The van der Waals surface area contributed by atoms with Gasteiger partial charge in [-0.1, -0.05) is 31.2 Å². The molecule has 0 heterocycles. The van der Waals surface area contributed by atoms with E-state index in [9.17, 15) is 4.79 Å². The van der Waals surface area contributed by atoms with Crippen LogP contribution in [0.15, 0.2) is 24.3 Å². The molecule has 2 nitrogen and oxygen atoms in total. The second-order valence-electron chi connectivity index (χ2n) is 4.13. The van der Waals surface area contributed by atoms with Crippen molar-refractivity contribution in [1.82, 2.24) is 5.32 Å². The Morgan fingerprint density at radius 3 is 2.53 bits per heavy atom. The molecule has 0 aromatic heterocycles. The van der Waals surface area contributed by atoms with Gasteiger partial charge in [-0.3, -0.25) is 4.79 Å². The zero-order chi connectivity index (χ0) is 10.7. The summed E-state index contributed by atoms with van der Waals surface area (Å²) in [5.74, 6) is 0.199. The van der Waals surface area contributed by atoms with E-state index >= 15 is 0 Å². The highest BCUT2D eigenvalue weighted by molar-refractivity contribution is 5.97. The van der Waals surface area contributed by atoms with Crippen LogP contribution in [-0.4, -0.2) is 18.4 Å². The predicted octanol–water partition coefficient (Wildman–Crippen LogP) is 2.18. The number of Topliss-reactive ketones (excluding diaryl/α,β-unsaturated/α-hetero) is 1. The van der Waals surface area contributed by atoms with Crippen LogP contribution in [0.1, 0.15) is 35.7 Å². The van der Waals surface area contributed by atoms with E-state index in [0.29, 0.717) is 12.6 Å². The molecule has 80 valence electrons. The molecule has 1 aromatic rings. The average molecular weight is 203 g/mol. The van der Waals surface area contributed by atoms with Crippen molar-refractivity contribution in [2.24, 2.45) is 0 Å². The number of hydrogen-bond donors (Lipinski definition) is 1. The number of benzene rings is 1. The number of nitrogens with one attached hydrogen (secondary N) is 1. The van der Waals surface area contributed by atoms with Crippen LogP contribution in [0.25, 0.3) is 0 Å². The lowest BCUT2D eigenvalue weighted by Crippen LogP contribution is -2.24. The molecule has 0 radical (unpaired) electrons. The molecular formula is C13H17NO. The monoisotopic (exact) mass is 203 g/mol. The molecule has 1 N–H and O–H groups in total. The first-order chi connectivity index (χ1) is 7.29. The molecule has 2 heteroatoms. The highest BCUT2D eigenvalue weighted by Gasteiger charge is 2.21. The largest absolute Gasteiger partial charge is 0.307 e. The van der Waals surface area contributed by atoms with Gasteiger partial charge in [-0.25, -0.2) is 0 Å². The maximum atomic E-state index is 11.7. The molecule has 2 rings (SSSR count). The van der Waals surface area contributed by atoms with Crippen molar-refractivity contribution in [3.05, 3.63) is 35.4 Å². The lowest BCUT2D eigenvalue weighted by Gasteiger charge is -2.03. The summed E-state index contributed by atoms with van der Waals surface area (Å²) in [6.45, 7) is 2.60. The van der Waals surface area contributed by atoms with Crippen molar-refractivity contribution >= 4 is 5.78 Å². The summed E-state index contributed by atoms with van der Waals surface area (Å²) in [5.41, 5.74) is 2.10. The lowest BCUT2D eigenvalue weighted by atomic mass is 10.1. The quantitative estimate of drug-likeness (QED) is 0.743. The summed E-state index contributed by atoms with van der Waals surface area (Å²) >= 11 is 0. The summed E-state index contributed by atoms with van der Waals surface area (Å²) < 4.78 is 0. The van der Waals surface area contributed by atoms with Gasteiger partial charge in [0, 0.05) is 11.6 Å². The summed E-state index contributed by atoms with van der Waals surface area (Å²) in [4.78, 5) is 11.7. The molecule has 0 spiro atoms. The van der Waals surface area contributed by atoms with E-state index in [1.807, 2.05) is 24.3 Å². The molecule has 1 aliphatic carbocycles. The van der Waals surface area contributed by atoms with Crippen LogP contribution < -0.4 is 5.32 Å². The van der Waals surface area contributed by atoms with Gasteiger partial charge in [-0.05, 0) is 24.8 Å². The molecule has 0 aliphatic heterocycles. The number of hydrogen-bond acceptors (Lipinski definition) is 2. The fraction of sp³-hybridized carbons (Fsp3) is 0.462. The molecule has 1 saturated carbocycles. The van der Waals surface area contributed by atoms with Crippen LogP contribution in [0.3, 0.4) is 0 Å². The summed E-state index contributed by atoms with van der Waals surface area (Å²) in [7, 11) is 0. The van der Waals surface area contributed by atoms with Crippen LogP contribution in [0.2, 0.25) is 0 Å². The normalized spacial score (nSPS) is 15.3. The maximum absolute atomic E-state index is 11.7. The first kappa shape index (κ1) is 10.4. The SMILES string of the molecule is CCc1ccc(C(=O)CNC2CC2)cc1. The second kappa shape index (κ2) is 4.58. The van der Waals surface area contributed by atoms with Gasteiger partial charge in [0.25, 0.3) is 0 Å². The third-order valence-electron chi connectivity index (χ3n) is 2.81. The fourth-order valence-electron chi connectivity index (χ4n) is 1.55. The molecule has 1 fully saturated rings. The molecular weight excluding hydrogens is 186 g/mol. The number of ketones is 1. The molecule has 0 saturated heterocycles. The molecule has 1 aromatic carbocycles. The van der Waals surface area contributed by atoms with Gasteiger partial charge in [-0.2, -0.15) is 0 Å². The van der Waals surface area contributed by atoms with Gasteiger partial charge in [0.05, 0.1) is 6.54 Å². The fourth-order valence-corrected chi connectivity index (χ4v) is 1.55. The molecule has 0 atom stereocenters. The average Bonchev–Trinajstić information content (AvgIpc) is 3.10. The molecule has 0 bridgehead atoms. The highest BCUT2D eigenvalue weighted by Crippen LogP contribution is 2.18. The second-order valence-corrected chi connectivity index (χ2v) is 4.13. The Morgan fingerprint density at radius 1 is 1.33 bits per heavy atom. The summed E-state index contributed by atoms with van der Waals surface area (Å²) in [6, 6.07) is 8.52. The van der Waals surface area contributed by atoms with E-state index < -0.39 is 0 Å². The Hall–Kier alpha value is -1.15. The van der Waals surface area contributed by atoms with E-state index in [2.05, 4.69) is 12.2 Å². The van der Waals surface area contributed by atoms with Gasteiger partial charge in [0.1, 0.15) is 0 Å². The summed E-state index contributed by atoms with van der Waals surface area (Å²) in [6.07, 6.45) is 3.47. The molecule has 1 aliphatic rings. The van der Waals surface area contributed by atoms with Crippen molar-refractivity contribution in [1.29, 1.82) is 0 Å². The van der Waals surface area contributed by atoms with Crippen molar-refractivity contribution < 1.29 is 4.79 Å². The maximum Gasteiger partial charge on any atom is 0.176 e. The van der Waals surface area contributed by atoms with E-state index in [0.717, 1.165) is 12.0 Å². The first-order valence-corrected chi connectivity index (χ1v) is 5.65. The third-order valence-corrected chi connectivity index (χ3v) is 2.81. The van der Waals surface area contributed by atoms with Crippen molar-refractivity contribution in [2.75, 3.05) is 6.54 Å². The predicted molar refractivity (Wildman–Crippen MR) is 61.2 cm³/mol. The minimum Gasteiger partial charge on any atom is -0.307 e. The van der Waals surface area contributed by atoms with Crippen molar-refractivity contribution in [2.45, 2.75) is 32.2 Å². The number of aryl methyl sites for hydroxylation is 1. The zero-order valence-electron chi connectivity index (χ0n) is 9.12. The zero-order valence-corrected chi connectivity index (χ0v) is 9.12. The van der Waals surface area contributed by atoms with Crippen molar-refractivity contribution in [3.63, 3.8) is 0 Å². The van der Waals surface area contributed by atoms with Crippen LogP contribution in [-0.2, 0) is 6.42 Å². The Labute approximate surface area is 90.7 Å². The van der Waals surface area contributed by atoms with Gasteiger partial charge in [-0.15, -0.1) is 0 Å². The first-order valence-electron chi connectivity index (χ1n) is 5.65. The van der Waals surface area contributed by atoms with E-state index in [-0.39, 0.29) is 5.78 Å². The molecule has 0 amide bonds. The van der Waals surface area contributed by atoms with Gasteiger partial charge < -0.3 is 5.32 Å². The molecule has 0 unspecified atom stereocenters. The third kappa shape index (κ3) is 2.90. The number of carbonyl (C=O) groups is 1. The van der Waals surface area contributed by atoms with Gasteiger partial charge in [0.2, 0.25) is 0 Å².